The van der Waals surface area contributed by atoms with Crippen LogP contribution in [0.2, 0.25) is 5.02 Å². The van der Waals surface area contributed by atoms with Crippen LogP contribution in [-0.4, -0.2) is 43.0 Å². The Morgan fingerprint density at radius 1 is 1.38 bits per heavy atom. The number of ether oxygens (including phenoxy) is 1. The van der Waals surface area contributed by atoms with Gasteiger partial charge in [-0.25, -0.2) is 0 Å². The number of rotatable bonds is 5. The zero-order valence-corrected chi connectivity index (χ0v) is 12.9. The van der Waals surface area contributed by atoms with Crippen LogP contribution in [-0.2, 0) is 4.79 Å². The highest BCUT2D eigenvalue weighted by atomic mass is 35.5. The van der Waals surface area contributed by atoms with Crippen molar-refractivity contribution in [1.82, 2.24) is 10.2 Å². The van der Waals surface area contributed by atoms with Crippen molar-refractivity contribution < 1.29 is 14.3 Å². The monoisotopic (exact) mass is 310 g/mol. The molecular weight excluding hydrogens is 292 g/mol. The number of hydrogen-bond acceptors (Lipinski definition) is 3. The van der Waals surface area contributed by atoms with Gasteiger partial charge >= 0.3 is 0 Å². The third kappa shape index (κ3) is 3.47. The van der Waals surface area contributed by atoms with E-state index in [1.165, 1.54) is 0 Å². The molecule has 0 saturated carbocycles. The Morgan fingerprint density at radius 2 is 2.10 bits per heavy atom. The summed E-state index contributed by atoms with van der Waals surface area (Å²) in [5, 5.41) is 3.29. The van der Waals surface area contributed by atoms with Gasteiger partial charge in [0.15, 0.2) is 0 Å². The predicted octanol–water partition coefficient (Wildman–Crippen LogP) is 1.95. The van der Waals surface area contributed by atoms with Gasteiger partial charge in [-0.05, 0) is 32.0 Å². The summed E-state index contributed by atoms with van der Waals surface area (Å²) in [6, 6.07) is 4.97. The van der Waals surface area contributed by atoms with Crippen LogP contribution >= 0.6 is 11.6 Å². The first-order chi connectivity index (χ1) is 10.1. The average molecular weight is 311 g/mol. The number of hydrogen-bond donors (Lipinski definition) is 1. The van der Waals surface area contributed by atoms with Gasteiger partial charge in [-0.1, -0.05) is 11.6 Å². The summed E-state index contributed by atoms with van der Waals surface area (Å²) in [4.78, 5) is 25.7. The number of benzene rings is 1. The minimum atomic E-state index is -0.129. The van der Waals surface area contributed by atoms with Gasteiger partial charge in [0.05, 0.1) is 18.1 Å². The highest BCUT2D eigenvalue weighted by molar-refractivity contribution is 6.30. The maximum atomic E-state index is 12.4. The van der Waals surface area contributed by atoms with Crippen molar-refractivity contribution in [2.75, 3.05) is 26.2 Å². The molecule has 0 radical (unpaired) electrons. The highest BCUT2D eigenvalue weighted by Crippen LogP contribution is 2.27. The molecule has 6 heteroatoms. The number of nitrogens with zero attached hydrogens (tertiary/aromatic N) is 1. The molecule has 5 nitrogen and oxygen atoms in total. The van der Waals surface area contributed by atoms with Gasteiger partial charge in [-0.3, -0.25) is 9.59 Å². The molecule has 1 fully saturated rings. The third-order valence-corrected chi connectivity index (χ3v) is 3.60. The van der Waals surface area contributed by atoms with Gasteiger partial charge in [0.1, 0.15) is 5.75 Å². The number of nitrogens with one attached hydrogen (secondary N) is 1. The molecule has 2 amide bonds. The van der Waals surface area contributed by atoms with Gasteiger partial charge in [-0.2, -0.15) is 0 Å². The van der Waals surface area contributed by atoms with E-state index >= 15 is 0 Å². The first kappa shape index (κ1) is 15.6. The number of likely N-dealkylation sites (tertiary alicyclic amines) is 1. The van der Waals surface area contributed by atoms with Gasteiger partial charge in [-0.15, -0.1) is 0 Å². The molecule has 0 aliphatic carbocycles. The summed E-state index contributed by atoms with van der Waals surface area (Å²) >= 11 is 5.93. The molecule has 0 spiro atoms. The van der Waals surface area contributed by atoms with Gasteiger partial charge in [0, 0.05) is 24.7 Å². The zero-order chi connectivity index (χ0) is 15.4. The normalized spacial score (nSPS) is 14.5. The van der Waals surface area contributed by atoms with Crippen molar-refractivity contribution in [3.8, 4) is 5.75 Å². The molecule has 21 heavy (non-hydrogen) atoms. The first-order valence-corrected chi connectivity index (χ1v) is 7.44. The van der Waals surface area contributed by atoms with E-state index in [9.17, 15) is 9.59 Å². The maximum Gasteiger partial charge on any atom is 0.257 e. The molecule has 1 aromatic carbocycles. The number of amides is 2. The minimum Gasteiger partial charge on any atom is -0.493 e. The third-order valence-electron chi connectivity index (χ3n) is 3.36. The smallest absolute Gasteiger partial charge is 0.257 e. The Balaban J connectivity index is 2.04. The van der Waals surface area contributed by atoms with E-state index in [-0.39, 0.29) is 17.7 Å². The lowest BCUT2D eigenvalue weighted by Gasteiger charge is -2.38. The second kappa shape index (κ2) is 6.80. The summed E-state index contributed by atoms with van der Waals surface area (Å²) in [6.07, 6.45) is 0. The van der Waals surface area contributed by atoms with Crippen molar-refractivity contribution in [1.29, 1.82) is 0 Å². The van der Waals surface area contributed by atoms with Gasteiger partial charge in [0.2, 0.25) is 5.91 Å². The Kier molecular flexibility index (Phi) is 5.07. The molecule has 1 heterocycles. The van der Waals surface area contributed by atoms with Crippen molar-refractivity contribution >= 4 is 23.4 Å². The van der Waals surface area contributed by atoms with Crippen LogP contribution in [0.15, 0.2) is 18.2 Å². The molecule has 0 unspecified atom stereocenters. The average Bonchev–Trinajstić information content (AvgIpc) is 2.37. The van der Waals surface area contributed by atoms with E-state index in [2.05, 4.69) is 5.32 Å². The summed E-state index contributed by atoms with van der Waals surface area (Å²) in [5.41, 5.74) is 0.482. The Bertz CT molecular complexity index is 542. The fraction of sp³-hybridized carbons (Fsp3) is 0.467. The summed E-state index contributed by atoms with van der Waals surface area (Å²) in [5.74, 6) is 0.242. The Labute approximate surface area is 129 Å². The van der Waals surface area contributed by atoms with E-state index in [0.29, 0.717) is 42.6 Å². The highest BCUT2D eigenvalue weighted by Gasteiger charge is 2.36. The van der Waals surface area contributed by atoms with E-state index in [4.69, 9.17) is 16.3 Å². The molecule has 2 rings (SSSR count). The number of halogens is 1. The van der Waals surface area contributed by atoms with Crippen molar-refractivity contribution in [2.24, 2.45) is 5.92 Å². The minimum absolute atomic E-state index is 0.00249. The predicted molar refractivity (Wildman–Crippen MR) is 80.7 cm³/mol. The standard InChI is InChI=1S/C15H19ClN2O3/c1-3-17-14(19)10-8-18(9-10)15(20)12-6-5-11(16)7-13(12)21-4-2/h5-7,10H,3-4,8-9H2,1-2H3,(H,17,19). The lowest BCUT2D eigenvalue weighted by molar-refractivity contribution is -0.128. The largest absolute Gasteiger partial charge is 0.493 e. The van der Waals surface area contributed by atoms with E-state index in [1.54, 1.807) is 23.1 Å². The van der Waals surface area contributed by atoms with Gasteiger partial charge < -0.3 is 15.0 Å². The van der Waals surface area contributed by atoms with Crippen LogP contribution in [0.25, 0.3) is 0 Å². The SMILES string of the molecule is CCNC(=O)C1CN(C(=O)c2ccc(Cl)cc2OCC)C1. The van der Waals surface area contributed by atoms with Crippen LogP contribution in [0.4, 0.5) is 0 Å². The number of carbonyl (C=O) groups is 2. The van der Waals surface area contributed by atoms with Crippen LogP contribution < -0.4 is 10.1 Å². The quantitative estimate of drug-likeness (QED) is 0.904. The topological polar surface area (TPSA) is 58.6 Å². The van der Waals surface area contributed by atoms with Crippen LogP contribution in [0.1, 0.15) is 24.2 Å². The lowest BCUT2D eigenvalue weighted by atomic mass is 9.97. The van der Waals surface area contributed by atoms with E-state index in [0.717, 1.165) is 0 Å². The number of carbonyl (C=O) groups excluding carboxylic acids is 2. The zero-order valence-electron chi connectivity index (χ0n) is 12.2. The van der Waals surface area contributed by atoms with Crippen LogP contribution in [0, 0.1) is 5.92 Å². The van der Waals surface area contributed by atoms with E-state index < -0.39 is 0 Å². The fourth-order valence-electron chi connectivity index (χ4n) is 2.25. The molecular formula is C15H19ClN2O3. The summed E-state index contributed by atoms with van der Waals surface area (Å²) in [7, 11) is 0. The van der Waals surface area contributed by atoms with Crippen molar-refractivity contribution in [2.45, 2.75) is 13.8 Å². The Hall–Kier alpha value is -1.75. The van der Waals surface area contributed by atoms with Crippen LogP contribution in [0.3, 0.4) is 0 Å². The molecule has 0 aromatic heterocycles. The molecule has 0 atom stereocenters. The van der Waals surface area contributed by atoms with Crippen molar-refractivity contribution in [3.63, 3.8) is 0 Å². The lowest BCUT2D eigenvalue weighted by Crippen LogP contribution is -2.55. The molecule has 1 N–H and O–H groups in total. The van der Waals surface area contributed by atoms with Gasteiger partial charge in [0.25, 0.3) is 5.91 Å². The first-order valence-electron chi connectivity index (χ1n) is 7.06. The second-order valence-electron chi connectivity index (χ2n) is 4.88. The molecule has 1 aliphatic rings. The fourth-order valence-corrected chi connectivity index (χ4v) is 2.41. The molecule has 1 aliphatic heterocycles. The molecule has 114 valence electrons. The molecule has 1 aromatic rings. The second-order valence-corrected chi connectivity index (χ2v) is 5.31. The van der Waals surface area contributed by atoms with E-state index in [1.807, 2.05) is 13.8 Å². The summed E-state index contributed by atoms with van der Waals surface area (Å²) in [6.45, 7) is 5.68. The maximum absolute atomic E-state index is 12.4. The van der Waals surface area contributed by atoms with Crippen molar-refractivity contribution in [3.05, 3.63) is 28.8 Å². The summed E-state index contributed by atoms with van der Waals surface area (Å²) < 4.78 is 5.46. The Morgan fingerprint density at radius 3 is 2.71 bits per heavy atom. The molecule has 0 bridgehead atoms. The molecule has 1 saturated heterocycles. The van der Waals surface area contributed by atoms with Crippen LogP contribution in [0.5, 0.6) is 5.75 Å².